The Labute approximate surface area is 150 Å². The summed E-state index contributed by atoms with van der Waals surface area (Å²) in [5.41, 5.74) is -0.0539. The van der Waals surface area contributed by atoms with Gasteiger partial charge in [-0.05, 0) is 54.9 Å². The van der Waals surface area contributed by atoms with E-state index in [4.69, 9.17) is 17.3 Å². The minimum atomic E-state index is -1.31. The normalized spacial score (nSPS) is 11.4. The molecule has 1 N–H and O–H groups in total. The summed E-state index contributed by atoms with van der Waals surface area (Å²) in [6, 6.07) is 7.84. The molecule has 25 heavy (non-hydrogen) atoms. The van der Waals surface area contributed by atoms with Gasteiger partial charge in [0, 0.05) is 0 Å². The number of rotatable bonds is 9. The summed E-state index contributed by atoms with van der Waals surface area (Å²) in [7, 11) is 0. The molecule has 0 radical (unpaired) electrons. The third kappa shape index (κ3) is 5.95. The van der Waals surface area contributed by atoms with Gasteiger partial charge in [-0.1, -0.05) is 26.2 Å². The van der Waals surface area contributed by atoms with E-state index in [1.54, 1.807) is 24.3 Å². The van der Waals surface area contributed by atoms with Crippen molar-refractivity contribution in [1.82, 2.24) is 0 Å². The lowest BCUT2D eigenvalue weighted by Crippen LogP contribution is -2.08. The van der Waals surface area contributed by atoms with Crippen LogP contribution in [-0.4, -0.2) is 23.7 Å². The van der Waals surface area contributed by atoms with Gasteiger partial charge in [-0.15, -0.1) is 0 Å². The molecule has 2 aromatic rings. The van der Waals surface area contributed by atoms with Crippen LogP contribution in [0.2, 0.25) is 0 Å². The van der Waals surface area contributed by atoms with Gasteiger partial charge in [0.05, 0.1) is 20.5 Å². The first-order valence-corrected chi connectivity index (χ1v) is 8.22. The number of carbonyl (C=O) groups is 2. The second kappa shape index (κ2) is 9.47. The Morgan fingerprint density at radius 1 is 0.960 bits per heavy atom. The molecule has 0 spiro atoms. The number of hydrogen-bond acceptors (Lipinski definition) is 4. The Morgan fingerprint density at radius 2 is 1.64 bits per heavy atom. The van der Waals surface area contributed by atoms with Crippen LogP contribution < -0.4 is 9.47 Å². The maximum atomic E-state index is 12.2. The monoisotopic (exact) mass is 344 g/mol. The van der Waals surface area contributed by atoms with E-state index in [1.165, 1.54) is 12.5 Å². The Balaban J connectivity index is 1.98. The fourth-order valence-electron chi connectivity index (χ4n) is 2.12. The smallest absolute Gasteiger partial charge is 0.343 e. The molecule has 0 atom stereocenters. The minimum absolute atomic E-state index is 0.161. The molecule has 2 rings (SSSR count). The van der Waals surface area contributed by atoms with Gasteiger partial charge in [0.15, 0.2) is 0 Å². The van der Waals surface area contributed by atoms with Gasteiger partial charge < -0.3 is 14.6 Å². The van der Waals surface area contributed by atoms with Crippen LogP contribution in [0, 0.1) is 0 Å². The molecular weight excluding hydrogens is 320 g/mol. The molecule has 0 saturated carbocycles. The maximum absolute atomic E-state index is 12.2. The number of ether oxygens (including phenoxy) is 2. The predicted octanol–water partition coefficient (Wildman–Crippen LogP) is 4.56. The molecular formula is C20H22O5. The van der Waals surface area contributed by atoms with E-state index < -0.39 is 24.0 Å². The summed E-state index contributed by atoms with van der Waals surface area (Å²) in [6.45, 7) is 2.77. The number of carboxylic acid groups (broad SMARTS) is 1. The summed E-state index contributed by atoms with van der Waals surface area (Å²) in [6.07, 6.45) is 4.44. The highest BCUT2D eigenvalue weighted by molar-refractivity contribution is 5.91. The van der Waals surface area contributed by atoms with Crippen molar-refractivity contribution in [3.63, 3.8) is 0 Å². The average Bonchev–Trinajstić information content (AvgIpc) is 2.65. The molecule has 0 bridgehead atoms. The number of esters is 1. The largest absolute Gasteiger partial charge is 0.494 e. The molecule has 5 heteroatoms. The molecule has 0 fully saturated rings. The van der Waals surface area contributed by atoms with Crippen molar-refractivity contribution in [3.8, 4) is 11.5 Å². The van der Waals surface area contributed by atoms with Crippen molar-refractivity contribution in [2.24, 2.45) is 0 Å². The number of unbranched alkanes of at least 4 members (excludes halogenated alkanes) is 3. The lowest BCUT2D eigenvalue weighted by Gasteiger charge is -2.07. The first-order chi connectivity index (χ1) is 12.9. The molecule has 2 aromatic carbocycles. The Bertz CT molecular complexity index is 803. The number of hydrogen-bond donors (Lipinski definition) is 1. The van der Waals surface area contributed by atoms with E-state index in [9.17, 15) is 9.59 Å². The molecule has 0 heterocycles. The highest BCUT2D eigenvalue weighted by Gasteiger charge is 2.10. The number of carboxylic acids is 1. The number of aromatic carboxylic acids is 1. The third-order valence-electron chi connectivity index (χ3n) is 3.51. The van der Waals surface area contributed by atoms with Crippen molar-refractivity contribution >= 4 is 11.9 Å². The van der Waals surface area contributed by atoms with Crippen molar-refractivity contribution in [2.45, 2.75) is 32.6 Å². The lowest BCUT2D eigenvalue weighted by molar-refractivity contribution is 0.0696. The summed E-state index contributed by atoms with van der Waals surface area (Å²) >= 11 is 0. The van der Waals surface area contributed by atoms with Crippen LogP contribution >= 0.6 is 0 Å². The molecule has 5 nitrogen and oxygen atoms in total. The fraction of sp³-hybridized carbons (Fsp3) is 0.300. The van der Waals surface area contributed by atoms with Crippen molar-refractivity contribution in [2.75, 3.05) is 6.61 Å². The second-order valence-electron chi connectivity index (χ2n) is 5.49. The summed E-state index contributed by atoms with van der Waals surface area (Å²) < 4.78 is 26.2. The van der Waals surface area contributed by atoms with Crippen LogP contribution in [0.5, 0.6) is 11.5 Å². The molecule has 0 amide bonds. The quantitative estimate of drug-likeness (QED) is 0.410. The number of benzene rings is 2. The van der Waals surface area contributed by atoms with E-state index in [2.05, 4.69) is 6.92 Å². The van der Waals surface area contributed by atoms with Crippen molar-refractivity contribution in [3.05, 3.63) is 59.6 Å². The SMILES string of the molecule is [2H]c1c(OC(=O)c2ccc(OCCCCCC)cc2)ccc(C(=O)O)c1[2H]. The Kier molecular flexibility index (Phi) is 5.94. The highest BCUT2D eigenvalue weighted by atomic mass is 16.5. The van der Waals surface area contributed by atoms with Gasteiger partial charge in [-0.3, -0.25) is 0 Å². The van der Waals surface area contributed by atoms with Gasteiger partial charge in [0.25, 0.3) is 0 Å². The summed E-state index contributed by atoms with van der Waals surface area (Å²) in [5, 5.41) is 8.95. The van der Waals surface area contributed by atoms with Crippen LogP contribution in [0.3, 0.4) is 0 Å². The van der Waals surface area contributed by atoms with Crippen molar-refractivity contribution in [1.29, 1.82) is 0 Å². The van der Waals surface area contributed by atoms with Gasteiger partial charge in [0.1, 0.15) is 11.5 Å². The van der Waals surface area contributed by atoms with Crippen LogP contribution in [0.4, 0.5) is 0 Å². The van der Waals surface area contributed by atoms with Gasteiger partial charge in [-0.25, -0.2) is 9.59 Å². The average molecular weight is 344 g/mol. The zero-order valence-electron chi connectivity index (χ0n) is 16.1. The van der Waals surface area contributed by atoms with Crippen molar-refractivity contribution < 1.29 is 26.9 Å². The van der Waals surface area contributed by atoms with Gasteiger partial charge in [0.2, 0.25) is 0 Å². The summed E-state index contributed by atoms with van der Waals surface area (Å²) in [4.78, 5) is 23.2. The highest BCUT2D eigenvalue weighted by Crippen LogP contribution is 2.17. The molecule has 0 aliphatic heterocycles. The van der Waals surface area contributed by atoms with Crippen LogP contribution in [0.25, 0.3) is 0 Å². The zero-order chi connectivity index (χ0) is 19.8. The van der Waals surface area contributed by atoms with Gasteiger partial charge in [-0.2, -0.15) is 0 Å². The van der Waals surface area contributed by atoms with E-state index in [-0.39, 0.29) is 16.9 Å². The molecule has 0 unspecified atom stereocenters. The van der Waals surface area contributed by atoms with Crippen LogP contribution in [0.15, 0.2) is 48.5 Å². The van der Waals surface area contributed by atoms with E-state index >= 15 is 0 Å². The minimum Gasteiger partial charge on any atom is -0.494 e. The topological polar surface area (TPSA) is 72.8 Å². The van der Waals surface area contributed by atoms with E-state index in [1.807, 2.05) is 0 Å². The van der Waals surface area contributed by atoms with Gasteiger partial charge >= 0.3 is 11.9 Å². The van der Waals surface area contributed by atoms with E-state index in [0.29, 0.717) is 12.4 Å². The second-order valence-corrected chi connectivity index (χ2v) is 5.49. The molecule has 132 valence electrons. The zero-order valence-corrected chi connectivity index (χ0v) is 14.1. The standard InChI is InChI=1S/C20H22O5/c1-2-3-4-5-14-24-17-10-8-16(9-11-17)20(23)25-18-12-6-15(7-13-18)19(21)22/h6-13H,2-5,14H2,1H3,(H,21,22)/i6D,12D. The molecule has 0 aliphatic rings. The maximum Gasteiger partial charge on any atom is 0.343 e. The molecule has 0 aromatic heterocycles. The molecule has 0 aliphatic carbocycles. The third-order valence-corrected chi connectivity index (χ3v) is 3.51. The van der Waals surface area contributed by atoms with Crippen LogP contribution in [-0.2, 0) is 0 Å². The first-order valence-electron chi connectivity index (χ1n) is 9.22. The first kappa shape index (κ1) is 15.7. The summed E-state index contributed by atoms with van der Waals surface area (Å²) in [5.74, 6) is -1.51. The Hall–Kier alpha value is -2.82. The van der Waals surface area contributed by atoms with Crippen LogP contribution in [0.1, 0.15) is 56.1 Å². The fourth-order valence-corrected chi connectivity index (χ4v) is 2.12. The Morgan fingerprint density at radius 3 is 2.32 bits per heavy atom. The predicted molar refractivity (Wildman–Crippen MR) is 94.4 cm³/mol. The molecule has 0 saturated heterocycles. The van der Waals surface area contributed by atoms with E-state index in [0.717, 1.165) is 25.3 Å². The number of carbonyl (C=O) groups excluding carboxylic acids is 1. The lowest BCUT2D eigenvalue weighted by atomic mass is 10.2.